The van der Waals surface area contributed by atoms with Crippen molar-refractivity contribution in [1.82, 2.24) is 9.97 Å². The van der Waals surface area contributed by atoms with Gasteiger partial charge in [-0.3, -0.25) is 9.97 Å². The number of aliphatic hydroxyl groups excluding tert-OH is 1. The van der Waals surface area contributed by atoms with Crippen LogP contribution in [0.4, 0.5) is 0 Å². The molecule has 106 valence electrons. The molecule has 1 unspecified atom stereocenters. The Labute approximate surface area is 123 Å². The standard InChI is InChI=1S/C17H16N2O2/c1-11-10-12(21-2)6-7-13(11)17(20)14-4-3-5-15-16(14)19-9-8-18-15/h3-10,17,20H,1-2H3. The molecule has 3 aromatic rings. The maximum atomic E-state index is 10.7. The van der Waals surface area contributed by atoms with Crippen molar-refractivity contribution in [2.75, 3.05) is 7.11 Å². The lowest BCUT2D eigenvalue weighted by molar-refractivity contribution is 0.220. The molecule has 0 saturated carbocycles. The third kappa shape index (κ3) is 2.45. The van der Waals surface area contributed by atoms with E-state index in [2.05, 4.69) is 9.97 Å². The Kier molecular flexibility index (Phi) is 3.54. The predicted octanol–water partition coefficient (Wildman–Crippen LogP) is 3.03. The first-order valence-corrected chi connectivity index (χ1v) is 6.73. The zero-order chi connectivity index (χ0) is 14.8. The molecule has 0 bridgehead atoms. The summed E-state index contributed by atoms with van der Waals surface area (Å²) in [4.78, 5) is 8.62. The first-order chi connectivity index (χ1) is 10.2. The van der Waals surface area contributed by atoms with E-state index in [1.807, 2.05) is 43.3 Å². The van der Waals surface area contributed by atoms with Crippen LogP contribution in [0.1, 0.15) is 22.8 Å². The number of rotatable bonds is 3. The highest BCUT2D eigenvalue weighted by Crippen LogP contribution is 2.30. The highest BCUT2D eigenvalue weighted by molar-refractivity contribution is 5.78. The second-order valence-electron chi connectivity index (χ2n) is 4.90. The SMILES string of the molecule is COc1ccc(C(O)c2cccc3nccnc23)c(C)c1. The van der Waals surface area contributed by atoms with Crippen molar-refractivity contribution in [2.45, 2.75) is 13.0 Å². The summed E-state index contributed by atoms with van der Waals surface area (Å²) in [6, 6.07) is 11.3. The van der Waals surface area contributed by atoms with Crippen LogP contribution in [-0.2, 0) is 0 Å². The van der Waals surface area contributed by atoms with Crippen LogP contribution >= 0.6 is 0 Å². The van der Waals surface area contributed by atoms with E-state index in [4.69, 9.17) is 4.74 Å². The van der Waals surface area contributed by atoms with Gasteiger partial charge >= 0.3 is 0 Å². The molecule has 0 aliphatic rings. The van der Waals surface area contributed by atoms with Gasteiger partial charge in [-0.25, -0.2) is 0 Å². The molecule has 1 atom stereocenters. The van der Waals surface area contributed by atoms with Crippen LogP contribution in [0.2, 0.25) is 0 Å². The highest BCUT2D eigenvalue weighted by atomic mass is 16.5. The number of hydrogen-bond acceptors (Lipinski definition) is 4. The zero-order valence-corrected chi connectivity index (χ0v) is 11.9. The van der Waals surface area contributed by atoms with Crippen molar-refractivity contribution in [3.63, 3.8) is 0 Å². The average Bonchev–Trinajstić information content (AvgIpc) is 2.53. The molecule has 0 radical (unpaired) electrons. The third-order valence-electron chi connectivity index (χ3n) is 3.60. The summed E-state index contributed by atoms with van der Waals surface area (Å²) in [6.45, 7) is 1.96. The predicted molar refractivity (Wildman–Crippen MR) is 81.3 cm³/mol. The zero-order valence-electron chi connectivity index (χ0n) is 11.9. The molecule has 3 rings (SSSR count). The van der Waals surface area contributed by atoms with Crippen molar-refractivity contribution in [3.05, 3.63) is 65.5 Å². The maximum absolute atomic E-state index is 10.7. The molecule has 0 aliphatic carbocycles. The maximum Gasteiger partial charge on any atom is 0.119 e. The van der Waals surface area contributed by atoms with Crippen LogP contribution in [0.15, 0.2) is 48.8 Å². The quantitative estimate of drug-likeness (QED) is 0.801. The van der Waals surface area contributed by atoms with Crippen LogP contribution in [0, 0.1) is 6.92 Å². The molecular weight excluding hydrogens is 264 g/mol. The fourth-order valence-corrected chi connectivity index (χ4v) is 2.49. The summed E-state index contributed by atoms with van der Waals surface area (Å²) in [5, 5.41) is 10.7. The molecule has 1 aromatic heterocycles. The lowest BCUT2D eigenvalue weighted by Gasteiger charge is -2.16. The molecule has 4 nitrogen and oxygen atoms in total. The third-order valence-corrected chi connectivity index (χ3v) is 3.60. The van der Waals surface area contributed by atoms with Gasteiger partial charge in [0.05, 0.1) is 18.1 Å². The molecule has 0 spiro atoms. The molecule has 1 heterocycles. The number of aryl methyl sites for hydroxylation is 1. The molecule has 0 saturated heterocycles. The van der Waals surface area contributed by atoms with Crippen LogP contribution in [-0.4, -0.2) is 22.2 Å². The normalized spacial score (nSPS) is 12.3. The molecule has 0 amide bonds. The van der Waals surface area contributed by atoms with E-state index in [0.29, 0.717) is 0 Å². The first-order valence-electron chi connectivity index (χ1n) is 6.73. The van der Waals surface area contributed by atoms with Crippen molar-refractivity contribution < 1.29 is 9.84 Å². The average molecular weight is 280 g/mol. The van der Waals surface area contributed by atoms with Gasteiger partial charge in [0.2, 0.25) is 0 Å². The van der Waals surface area contributed by atoms with E-state index >= 15 is 0 Å². The van der Waals surface area contributed by atoms with Gasteiger partial charge in [0.15, 0.2) is 0 Å². The Balaban J connectivity index is 2.10. The second kappa shape index (κ2) is 5.50. The summed E-state index contributed by atoms with van der Waals surface area (Å²) >= 11 is 0. The Morgan fingerprint density at radius 3 is 2.62 bits per heavy atom. The minimum absolute atomic E-state index is 0.725. The van der Waals surface area contributed by atoms with Crippen LogP contribution in [0.5, 0.6) is 5.75 Å². The van der Waals surface area contributed by atoms with Crippen LogP contribution in [0.3, 0.4) is 0 Å². The number of ether oxygens (including phenoxy) is 1. The largest absolute Gasteiger partial charge is 0.497 e. The van der Waals surface area contributed by atoms with E-state index in [1.54, 1.807) is 19.5 Å². The van der Waals surface area contributed by atoms with E-state index < -0.39 is 6.10 Å². The fourth-order valence-electron chi connectivity index (χ4n) is 2.49. The number of fused-ring (bicyclic) bond motifs is 1. The number of aromatic nitrogens is 2. The van der Waals surface area contributed by atoms with Gasteiger partial charge in [-0.2, -0.15) is 0 Å². The minimum Gasteiger partial charge on any atom is -0.497 e. The summed E-state index contributed by atoms with van der Waals surface area (Å²) in [7, 11) is 1.63. The molecular formula is C17H16N2O2. The summed E-state index contributed by atoms with van der Waals surface area (Å²) in [6.07, 6.45) is 2.55. The Morgan fingerprint density at radius 2 is 1.86 bits per heavy atom. The summed E-state index contributed by atoms with van der Waals surface area (Å²) in [5.74, 6) is 0.779. The van der Waals surface area contributed by atoms with Crippen molar-refractivity contribution in [2.24, 2.45) is 0 Å². The van der Waals surface area contributed by atoms with Crippen LogP contribution < -0.4 is 4.74 Å². The van der Waals surface area contributed by atoms with E-state index in [9.17, 15) is 5.11 Å². The number of para-hydroxylation sites is 1. The van der Waals surface area contributed by atoms with E-state index in [0.717, 1.165) is 33.5 Å². The van der Waals surface area contributed by atoms with Gasteiger partial charge in [0.25, 0.3) is 0 Å². The smallest absolute Gasteiger partial charge is 0.119 e. The number of benzene rings is 2. The number of nitrogens with zero attached hydrogens (tertiary/aromatic N) is 2. The van der Waals surface area contributed by atoms with Crippen molar-refractivity contribution >= 4 is 11.0 Å². The second-order valence-corrected chi connectivity index (χ2v) is 4.90. The Hall–Kier alpha value is -2.46. The summed E-state index contributed by atoms with van der Waals surface area (Å²) < 4.78 is 5.20. The number of methoxy groups -OCH3 is 1. The first kappa shape index (κ1) is 13.5. The minimum atomic E-state index is -0.740. The van der Waals surface area contributed by atoms with Gasteiger partial charge < -0.3 is 9.84 Å². The molecule has 4 heteroatoms. The monoisotopic (exact) mass is 280 g/mol. The molecule has 0 aliphatic heterocycles. The number of aliphatic hydroxyl groups is 1. The van der Waals surface area contributed by atoms with Gasteiger partial charge in [0, 0.05) is 18.0 Å². The van der Waals surface area contributed by atoms with Crippen LogP contribution in [0.25, 0.3) is 11.0 Å². The Morgan fingerprint density at radius 1 is 1.05 bits per heavy atom. The van der Waals surface area contributed by atoms with Crippen molar-refractivity contribution in [3.8, 4) is 5.75 Å². The number of hydrogen-bond donors (Lipinski definition) is 1. The summed E-state index contributed by atoms with van der Waals surface area (Å²) in [5.41, 5.74) is 4.08. The highest BCUT2D eigenvalue weighted by Gasteiger charge is 2.17. The molecule has 2 aromatic carbocycles. The fraction of sp³-hybridized carbons (Fsp3) is 0.176. The molecule has 0 fully saturated rings. The van der Waals surface area contributed by atoms with Gasteiger partial charge in [-0.05, 0) is 36.2 Å². The van der Waals surface area contributed by atoms with Gasteiger partial charge in [-0.1, -0.05) is 18.2 Å². The van der Waals surface area contributed by atoms with Gasteiger partial charge in [0.1, 0.15) is 11.9 Å². The Bertz CT molecular complexity index is 781. The lowest BCUT2D eigenvalue weighted by atomic mass is 9.96. The topological polar surface area (TPSA) is 55.2 Å². The van der Waals surface area contributed by atoms with E-state index in [1.165, 1.54) is 0 Å². The van der Waals surface area contributed by atoms with Gasteiger partial charge in [-0.15, -0.1) is 0 Å². The lowest BCUT2D eigenvalue weighted by Crippen LogP contribution is -2.04. The van der Waals surface area contributed by atoms with E-state index in [-0.39, 0.29) is 0 Å². The van der Waals surface area contributed by atoms with Crippen molar-refractivity contribution in [1.29, 1.82) is 0 Å². The molecule has 1 N–H and O–H groups in total. The molecule has 21 heavy (non-hydrogen) atoms.